The molecule has 0 unspecified atom stereocenters. The van der Waals surface area contributed by atoms with Crippen molar-refractivity contribution < 1.29 is 23.5 Å². The molecule has 2 aromatic heterocycles. The number of hydrogen-bond acceptors (Lipinski definition) is 5. The standard InChI is InChI=1S/C24H26N2O5/c1-15-20(16(2)25(4)21(15)24(29)30-5)22(27)17(3)26(14-19-12-9-13-31-19)23(28)18-10-7-6-8-11-18/h6-13,17H,14H2,1-5H3/t17-/m0/s1. The molecule has 0 aliphatic heterocycles. The lowest BCUT2D eigenvalue weighted by Gasteiger charge is -2.28. The average Bonchev–Trinajstić information content (AvgIpc) is 3.37. The second-order valence-electron chi connectivity index (χ2n) is 7.40. The molecule has 0 bridgehead atoms. The second-order valence-corrected chi connectivity index (χ2v) is 7.40. The summed E-state index contributed by atoms with van der Waals surface area (Å²) in [6, 6.07) is 11.5. The number of nitrogens with zero attached hydrogens (tertiary/aromatic N) is 2. The van der Waals surface area contributed by atoms with Gasteiger partial charge in [0, 0.05) is 23.9 Å². The second kappa shape index (κ2) is 9.04. The van der Waals surface area contributed by atoms with Gasteiger partial charge in [-0.05, 0) is 50.6 Å². The van der Waals surface area contributed by atoms with Gasteiger partial charge >= 0.3 is 5.97 Å². The van der Waals surface area contributed by atoms with Gasteiger partial charge in [-0.25, -0.2) is 4.79 Å². The van der Waals surface area contributed by atoms with E-state index in [4.69, 9.17) is 9.15 Å². The molecule has 0 fully saturated rings. The summed E-state index contributed by atoms with van der Waals surface area (Å²) in [5.74, 6) is -0.475. The van der Waals surface area contributed by atoms with Gasteiger partial charge in [-0.1, -0.05) is 18.2 Å². The summed E-state index contributed by atoms with van der Waals surface area (Å²) in [6.07, 6.45) is 1.53. The summed E-state index contributed by atoms with van der Waals surface area (Å²) in [4.78, 5) is 40.6. The number of benzene rings is 1. The fourth-order valence-electron chi connectivity index (χ4n) is 3.78. The van der Waals surface area contributed by atoms with Crippen LogP contribution in [0.15, 0.2) is 53.1 Å². The predicted molar refractivity (Wildman–Crippen MR) is 115 cm³/mol. The highest BCUT2D eigenvalue weighted by atomic mass is 16.5. The number of esters is 1. The molecule has 3 aromatic rings. The molecule has 7 nitrogen and oxygen atoms in total. The number of ketones is 1. The van der Waals surface area contributed by atoms with Gasteiger partial charge in [-0.15, -0.1) is 0 Å². The topological polar surface area (TPSA) is 81.8 Å². The first-order chi connectivity index (χ1) is 14.8. The van der Waals surface area contributed by atoms with E-state index in [1.54, 1.807) is 68.8 Å². The highest BCUT2D eigenvalue weighted by Gasteiger charge is 2.33. The first-order valence-corrected chi connectivity index (χ1v) is 9.94. The van der Waals surface area contributed by atoms with Crippen molar-refractivity contribution >= 4 is 17.7 Å². The van der Waals surface area contributed by atoms with E-state index in [2.05, 4.69) is 0 Å². The molecule has 1 amide bonds. The van der Waals surface area contributed by atoms with E-state index in [0.29, 0.717) is 33.8 Å². The molecule has 0 N–H and O–H groups in total. The number of amides is 1. The molecule has 0 saturated heterocycles. The first kappa shape index (κ1) is 22.1. The van der Waals surface area contributed by atoms with Gasteiger partial charge in [0.25, 0.3) is 5.91 Å². The van der Waals surface area contributed by atoms with Crippen molar-refractivity contribution in [2.75, 3.05) is 7.11 Å². The van der Waals surface area contributed by atoms with Crippen molar-refractivity contribution in [3.05, 3.63) is 82.6 Å². The maximum atomic E-state index is 13.6. The lowest BCUT2D eigenvalue weighted by molar-refractivity contribution is 0.0586. The number of ether oxygens (including phenoxy) is 1. The van der Waals surface area contributed by atoms with Crippen LogP contribution in [0, 0.1) is 13.8 Å². The van der Waals surface area contributed by atoms with Crippen LogP contribution >= 0.6 is 0 Å². The molecule has 0 saturated carbocycles. The van der Waals surface area contributed by atoms with Crippen LogP contribution in [0.1, 0.15) is 55.1 Å². The van der Waals surface area contributed by atoms with Crippen molar-refractivity contribution in [3.8, 4) is 0 Å². The zero-order valence-corrected chi connectivity index (χ0v) is 18.3. The summed E-state index contributed by atoms with van der Waals surface area (Å²) in [7, 11) is 3.02. The van der Waals surface area contributed by atoms with Crippen molar-refractivity contribution in [2.45, 2.75) is 33.4 Å². The van der Waals surface area contributed by atoms with E-state index < -0.39 is 12.0 Å². The Morgan fingerprint density at radius 3 is 2.35 bits per heavy atom. The van der Waals surface area contributed by atoms with Gasteiger partial charge in [0.2, 0.25) is 0 Å². The van der Waals surface area contributed by atoms with Crippen LogP contribution in [-0.4, -0.2) is 40.3 Å². The summed E-state index contributed by atoms with van der Waals surface area (Å²) in [5.41, 5.74) is 2.39. The van der Waals surface area contributed by atoms with E-state index in [0.717, 1.165) is 0 Å². The molecule has 162 valence electrons. The van der Waals surface area contributed by atoms with E-state index in [9.17, 15) is 14.4 Å². The molecule has 1 atom stereocenters. The van der Waals surface area contributed by atoms with Gasteiger partial charge in [0.1, 0.15) is 11.5 Å². The largest absolute Gasteiger partial charge is 0.467 e. The Bertz CT molecular complexity index is 1100. The molecule has 3 rings (SSSR count). The summed E-state index contributed by atoms with van der Waals surface area (Å²) < 4.78 is 12.0. The Morgan fingerprint density at radius 2 is 1.77 bits per heavy atom. The van der Waals surface area contributed by atoms with Crippen molar-refractivity contribution in [1.29, 1.82) is 0 Å². The minimum atomic E-state index is -0.789. The minimum absolute atomic E-state index is 0.141. The lowest BCUT2D eigenvalue weighted by atomic mass is 9.99. The van der Waals surface area contributed by atoms with Crippen LogP contribution in [0.25, 0.3) is 0 Å². The normalized spacial score (nSPS) is 11.8. The van der Waals surface area contributed by atoms with Crippen LogP contribution in [0.4, 0.5) is 0 Å². The number of methoxy groups -OCH3 is 1. The van der Waals surface area contributed by atoms with Crippen LogP contribution < -0.4 is 0 Å². The number of carbonyl (C=O) groups is 3. The summed E-state index contributed by atoms with van der Waals surface area (Å²) in [5, 5.41) is 0. The maximum Gasteiger partial charge on any atom is 0.354 e. The Morgan fingerprint density at radius 1 is 1.10 bits per heavy atom. The van der Waals surface area contributed by atoms with Crippen molar-refractivity contribution in [2.24, 2.45) is 7.05 Å². The van der Waals surface area contributed by atoms with Gasteiger partial charge in [-0.2, -0.15) is 0 Å². The van der Waals surface area contributed by atoms with Gasteiger partial charge in [0.15, 0.2) is 5.78 Å². The number of Topliss-reactive ketones (excluding diaryl/α,β-unsaturated/α-hetero) is 1. The zero-order valence-electron chi connectivity index (χ0n) is 18.3. The number of carbonyl (C=O) groups excluding carboxylic acids is 3. The zero-order chi connectivity index (χ0) is 22.7. The van der Waals surface area contributed by atoms with Crippen LogP contribution in [0.3, 0.4) is 0 Å². The van der Waals surface area contributed by atoms with Crippen molar-refractivity contribution in [1.82, 2.24) is 9.47 Å². The number of rotatable bonds is 7. The predicted octanol–water partition coefficient (Wildman–Crippen LogP) is 3.94. The monoisotopic (exact) mass is 422 g/mol. The quantitative estimate of drug-likeness (QED) is 0.426. The maximum absolute atomic E-state index is 13.6. The Labute approximate surface area is 181 Å². The first-order valence-electron chi connectivity index (χ1n) is 9.94. The molecule has 2 heterocycles. The smallest absolute Gasteiger partial charge is 0.354 e. The third-order valence-electron chi connectivity index (χ3n) is 5.59. The van der Waals surface area contributed by atoms with E-state index >= 15 is 0 Å². The van der Waals surface area contributed by atoms with E-state index in [1.807, 2.05) is 6.07 Å². The molecule has 7 heteroatoms. The van der Waals surface area contributed by atoms with Gasteiger partial charge < -0.3 is 18.6 Å². The minimum Gasteiger partial charge on any atom is -0.467 e. The molecular weight excluding hydrogens is 396 g/mol. The summed E-state index contributed by atoms with van der Waals surface area (Å²) in [6.45, 7) is 5.32. The lowest BCUT2D eigenvalue weighted by Crippen LogP contribution is -2.43. The Balaban J connectivity index is 2.02. The molecule has 0 aliphatic rings. The van der Waals surface area contributed by atoms with Gasteiger partial charge in [0.05, 0.1) is 26.0 Å². The fourth-order valence-corrected chi connectivity index (χ4v) is 3.78. The molecule has 1 aromatic carbocycles. The van der Waals surface area contributed by atoms with E-state index in [1.165, 1.54) is 18.3 Å². The summed E-state index contributed by atoms with van der Waals surface area (Å²) >= 11 is 0. The van der Waals surface area contributed by atoms with Crippen LogP contribution in [0.5, 0.6) is 0 Å². The molecular formula is C24H26N2O5. The van der Waals surface area contributed by atoms with Crippen LogP contribution in [-0.2, 0) is 18.3 Å². The number of hydrogen-bond donors (Lipinski definition) is 0. The third kappa shape index (κ3) is 4.17. The van der Waals surface area contributed by atoms with E-state index in [-0.39, 0.29) is 18.2 Å². The van der Waals surface area contributed by atoms with Crippen LogP contribution in [0.2, 0.25) is 0 Å². The highest BCUT2D eigenvalue weighted by Crippen LogP contribution is 2.26. The third-order valence-corrected chi connectivity index (χ3v) is 5.59. The Hall–Kier alpha value is -3.61. The molecule has 0 aliphatic carbocycles. The average molecular weight is 422 g/mol. The SMILES string of the molecule is COC(=O)c1c(C)c(C(=O)[C@H](C)N(Cc2ccco2)C(=O)c2ccccc2)c(C)n1C. The van der Waals surface area contributed by atoms with Gasteiger partial charge in [-0.3, -0.25) is 9.59 Å². The molecule has 0 spiro atoms. The number of aromatic nitrogens is 1. The van der Waals surface area contributed by atoms with Crippen molar-refractivity contribution in [3.63, 3.8) is 0 Å². The molecule has 31 heavy (non-hydrogen) atoms. The fraction of sp³-hybridized carbons (Fsp3) is 0.292. The number of furan rings is 1. The highest BCUT2D eigenvalue weighted by molar-refractivity contribution is 6.07. The Kier molecular flexibility index (Phi) is 6.44. The molecule has 0 radical (unpaired) electrons.